The van der Waals surface area contributed by atoms with Crippen molar-refractivity contribution in [2.24, 2.45) is 7.05 Å². The molecule has 1 fully saturated rings. The molecule has 3 amide bonds. The van der Waals surface area contributed by atoms with Crippen LogP contribution in [0.1, 0.15) is 21.6 Å². The summed E-state index contributed by atoms with van der Waals surface area (Å²) in [5.74, 6) is -1.73. The van der Waals surface area contributed by atoms with Gasteiger partial charge >= 0.3 is 12.2 Å². The molecular weight excluding hydrogens is 467 g/mol. The van der Waals surface area contributed by atoms with Gasteiger partial charge in [0.1, 0.15) is 5.75 Å². The zero-order valence-electron chi connectivity index (χ0n) is 19.3. The van der Waals surface area contributed by atoms with Gasteiger partial charge in [-0.3, -0.25) is 14.8 Å². The summed E-state index contributed by atoms with van der Waals surface area (Å²) in [5.41, 5.74) is 0.461. The second-order valence-electron chi connectivity index (χ2n) is 8.36. The Morgan fingerprint density at radius 3 is 2.46 bits per heavy atom. The standard InChI is InChI=1S/C22H24F3N7O3/c1-12-17-18(32-8-6-30(2)7-9-32)14(11-26-19(17)31(3)29-12)20(34)28-21(35)27-13-4-5-16(33)15(10-13)22(23,24)25/h4-5,10-11,33H,6-9H2,1-3H3,(H2,27,28,34,35). The van der Waals surface area contributed by atoms with Crippen molar-refractivity contribution in [1.29, 1.82) is 0 Å². The minimum Gasteiger partial charge on any atom is -0.507 e. The van der Waals surface area contributed by atoms with Crippen molar-refractivity contribution < 1.29 is 27.9 Å². The lowest BCUT2D eigenvalue weighted by Crippen LogP contribution is -2.45. The zero-order valence-corrected chi connectivity index (χ0v) is 19.3. The van der Waals surface area contributed by atoms with Gasteiger partial charge in [-0.1, -0.05) is 0 Å². The van der Waals surface area contributed by atoms with Gasteiger partial charge in [-0.25, -0.2) is 9.78 Å². The van der Waals surface area contributed by atoms with Crippen molar-refractivity contribution in [3.05, 3.63) is 41.2 Å². The van der Waals surface area contributed by atoms with E-state index in [0.29, 0.717) is 41.6 Å². The van der Waals surface area contributed by atoms with Gasteiger partial charge in [-0.05, 0) is 32.2 Å². The summed E-state index contributed by atoms with van der Waals surface area (Å²) in [5, 5.41) is 18.9. The Labute approximate surface area is 198 Å². The van der Waals surface area contributed by atoms with Crippen LogP contribution in [0, 0.1) is 6.92 Å². The van der Waals surface area contributed by atoms with E-state index >= 15 is 0 Å². The topological polar surface area (TPSA) is 116 Å². The molecule has 0 atom stereocenters. The highest BCUT2D eigenvalue weighted by molar-refractivity contribution is 6.13. The largest absolute Gasteiger partial charge is 0.507 e. The number of fused-ring (bicyclic) bond motifs is 1. The van der Waals surface area contributed by atoms with Crippen LogP contribution in [0.2, 0.25) is 0 Å². The van der Waals surface area contributed by atoms with Gasteiger partial charge in [0.25, 0.3) is 5.91 Å². The van der Waals surface area contributed by atoms with Crippen LogP contribution in [0.15, 0.2) is 24.4 Å². The van der Waals surface area contributed by atoms with Crippen molar-refractivity contribution in [3.8, 4) is 5.75 Å². The number of aryl methyl sites for hydroxylation is 2. The number of likely N-dealkylation sites (N-methyl/N-ethyl adjacent to an activating group) is 1. The van der Waals surface area contributed by atoms with Crippen LogP contribution in [-0.2, 0) is 13.2 Å². The van der Waals surface area contributed by atoms with Crippen LogP contribution in [0.25, 0.3) is 11.0 Å². The van der Waals surface area contributed by atoms with Crippen LogP contribution < -0.4 is 15.5 Å². The lowest BCUT2D eigenvalue weighted by molar-refractivity contribution is -0.138. The molecular formula is C22H24F3N7O3. The Kier molecular flexibility index (Phi) is 6.28. The molecule has 1 aromatic carbocycles. The minimum atomic E-state index is -4.81. The molecule has 3 aromatic rings. The highest BCUT2D eigenvalue weighted by Gasteiger charge is 2.34. The molecule has 0 spiro atoms. The van der Waals surface area contributed by atoms with E-state index in [0.717, 1.165) is 25.2 Å². The van der Waals surface area contributed by atoms with Gasteiger partial charge in [-0.2, -0.15) is 18.3 Å². The first kappa shape index (κ1) is 24.3. The van der Waals surface area contributed by atoms with Crippen molar-refractivity contribution in [3.63, 3.8) is 0 Å². The molecule has 13 heteroatoms. The first-order valence-corrected chi connectivity index (χ1v) is 10.7. The summed E-state index contributed by atoms with van der Waals surface area (Å²) in [6.07, 6.45) is -3.45. The van der Waals surface area contributed by atoms with Crippen molar-refractivity contribution >= 4 is 34.3 Å². The molecule has 2 aromatic heterocycles. The third-order valence-corrected chi connectivity index (χ3v) is 5.85. The molecule has 10 nitrogen and oxygen atoms in total. The van der Waals surface area contributed by atoms with E-state index in [1.165, 1.54) is 6.20 Å². The first-order chi connectivity index (χ1) is 16.5. The smallest absolute Gasteiger partial charge is 0.420 e. The number of nitrogens with zero attached hydrogens (tertiary/aromatic N) is 5. The predicted molar refractivity (Wildman–Crippen MR) is 123 cm³/mol. The number of aromatic hydroxyl groups is 1. The van der Waals surface area contributed by atoms with E-state index in [-0.39, 0.29) is 11.3 Å². The van der Waals surface area contributed by atoms with Crippen LogP contribution >= 0.6 is 0 Å². The molecule has 0 radical (unpaired) electrons. The number of amides is 3. The van der Waals surface area contributed by atoms with E-state index in [4.69, 9.17) is 0 Å². The number of halogens is 3. The summed E-state index contributed by atoms with van der Waals surface area (Å²) in [6, 6.07) is 1.47. The van der Waals surface area contributed by atoms with Gasteiger partial charge in [0.15, 0.2) is 5.65 Å². The molecule has 1 saturated heterocycles. The zero-order chi connectivity index (χ0) is 25.5. The molecule has 3 N–H and O–H groups in total. The number of rotatable bonds is 3. The maximum atomic E-state index is 13.1. The Bertz CT molecular complexity index is 1300. The Balaban J connectivity index is 1.62. The molecule has 0 aliphatic carbocycles. The highest BCUT2D eigenvalue weighted by atomic mass is 19.4. The van der Waals surface area contributed by atoms with E-state index in [2.05, 4.69) is 25.6 Å². The lowest BCUT2D eigenvalue weighted by Gasteiger charge is -2.35. The third-order valence-electron chi connectivity index (χ3n) is 5.85. The van der Waals surface area contributed by atoms with Gasteiger partial charge in [0.2, 0.25) is 0 Å². The van der Waals surface area contributed by atoms with Crippen LogP contribution in [-0.4, -0.2) is 69.9 Å². The maximum Gasteiger partial charge on any atom is 0.420 e. The SMILES string of the molecule is Cc1nn(C)c2ncc(C(=O)NC(=O)Nc3ccc(O)c(C(F)(F)F)c3)c(N3CCN(C)CC3)c12. The number of benzene rings is 1. The summed E-state index contributed by atoms with van der Waals surface area (Å²) in [7, 11) is 3.75. The maximum absolute atomic E-state index is 13.1. The molecule has 3 heterocycles. The third kappa shape index (κ3) is 4.85. The fourth-order valence-electron chi connectivity index (χ4n) is 4.09. The fraction of sp³-hybridized carbons (Fsp3) is 0.364. The Hall–Kier alpha value is -3.87. The number of hydrogen-bond donors (Lipinski definition) is 3. The quantitative estimate of drug-likeness (QED) is 0.483. The minimum absolute atomic E-state index is 0.148. The number of carbonyl (C=O) groups is 2. The van der Waals surface area contributed by atoms with Crippen LogP contribution in [0.5, 0.6) is 5.75 Å². The molecule has 0 bridgehead atoms. The predicted octanol–water partition coefficient (Wildman–Crippen LogP) is 2.71. The highest BCUT2D eigenvalue weighted by Crippen LogP contribution is 2.37. The summed E-state index contributed by atoms with van der Waals surface area (Å²) in [6.45, 7) is 4.63. The van der Waals surface area contributed by atoms with Gasteiger partial charge in [0, 0.05) is 45.1 Å². The van der Waals surface area contributed by atoms with Gasteiger partial charge in [0.05, 0.1) is 27.9 Å². The number of hydrogen-bond acceptors (Lipinski definition) is 7. The molecule has 1 aliphatic rings. The van der Waals surface area contributed by atoms with E-state index in [1.807, 2.05) is 11.9 Å². The van der Waals surface area contributed by atoms with Crippen LogP contribution in [0.3, 0.4) is 0 Å². The number of urea groups is 1. The van der Waals surface area contributed by atoms with E-state index in [9.17, 15) is 27.9 Å². The van der Waals surface area contributed by atoms with Gasteiger partial charge < -0.3 is 20.2 Å². The van der Waals surface area contributed by atoms with E-state index in [1.54, 1.807) is 18.7 Å². The second kappa shape index (κ2) is 9.06. The molecule has 186 valence electrons. The fourth-order valence-corrected chi connectivity index (χ4v) is 4.09. The van der Waals surface area contributed by atoms with Crippen LogP contribution in [0.4, 0.5) is 29.3 Å². The van der Waals surface area contributed by atoms with E-state index < -0.39 is 29.4 Å². The monoisotopic (exact) mass is 491 g/mol. The number of piperazine rings is 1. The summed E-state index contributed by atoms with van der Waals surface area (Å²) in [4.78, 5) is 34.1. The number of phenolic OH excluding ortho intramolecular Hbond substituents is 1. The molecule has 4 rings (SSSR count). The van der Waals surface area contributed by atoms with Crippen molar-refractivity contribution in [2.75, 3.05) is 43.4 Å². The molecule has 0 saturated carbocycles. The van der Waals surface area contributed by atoms with Gasteiger partial charge in [-0.15, -0.1) is 0 Å². The number of phenols is 1. The lowest BCUT2D eigenvalue weighted by atomic mass is 10.1. The second-order valence-corrected chi connectivity index (χ2v) is 8.36. The molecule has 1 aliphatic heterocycles. The molecule has 0 unspecified atom stereocenters. The first-order valence-electron chi connectivity index (χ1n) is 10.7. The Morgan fingerprint density at radius 1 is 1.11 bits per heavy atom. The summed E-state index contributed by atoms with van der Waals surface area (Å²) < 4.78 is 40.7. The number of nitrogens with one attached hydrogen (secondary N) is 2. The van der Waals surface area contributed by atoms with Crippen molar-refractivity contribution in [1.82, 2.24) is 25.0 Å². The number of aromatic nitrogens is 3. The Morgan fingerprint density at radius 2 is 1.80 bits per heavy atom. The summed E-state index contributed by atoms with van der Waals surface area (Å²) >= 11 is 0. The number of alkyl halides is 3. The number of anilines is 2. The normalized spacial score (nSPS) is 14.9. The number of carbonyl (C=O) groups excluding carboxylic acids is 2. The average molecular weight is 491 g/mol. The van der Waals surface area contributed by atoms with Crippen molar-refractivity contribution in [2.45, 2.75) is 13.1 Å². The number of pyridine rings is 1. The number of imide groups is 1. The molecule has 35 heavy (non-hydrogen) atoms. The average Bonchev–Trinajstić information content (AvgIpc) is 3.07.